The molecule has 9 nitrogen and oxygen atoms in total. The normalized spacial score (nSPS) is 10.8. The Morgan fingerprint density at radius 2 is 2.08 bits per heavy atom. The number of nitro groups is 1. The van der Waals surface area contributed by atoms with Crippen LogP contribution in [0, 0.1) is 30.9 Å². The molecule has 0 spiro atoms. The third-order valence-corrected chi connectivity index (χ3v) is 3.73. The number of hydrogen-bond acceptors (Lipinski definition) is 5. The summed E-state index contributed by atoms with van der Waals surface area (Å²) in [4.78, 5) is 22.4. The van der Waals surface area contributed by atoms with Crippen molar-refractivity contribution in [3.8, 4) is 0 Å². The van der Waals surface area contributed by atoms with Crippen LogP contribution in [0.25, 0.3) is 0 Å². The van der Waals surface area contributed by atoms with Gasteiger partial charge in [0.1, 0.15) is 11.4 Å². The molecule has 0 aliphatic carbocycles. The van der Waals surface area contributed by atoms with E-state index in [4.69, 9.17) is 0 Å². The van der Waals surface area contributed by atoms with Crippen molar-refractivity contribution < 1.29 is 9.72 Å². The van der Waals surface area contributed by atoms with E-state index < -0.39 is 4.92 Å². The van der Waals surface area contributed by atoms with Crippen LogP contribution < -0.4 is 5.32 Å². The summed E-state index contributed by atoms with van der Waals surface area (Å²) in [5, 5.41) is 22.1. The van der Waals surface area contributed by atoms with Gasteiger partial charge in [0.15, 0.2) is 0 Å². The zero-order valence-corrected chi connectivity index (χ0v) is 14.2. The summed E-state index contributed by atoms with van der Waals surface area (Å²) in [6, 6.07) is 0. The molecular formula is C15H22N6O3. The van der Waals surface area contributed by atoms with Crippen LogP contribution in [-0.4, -0.2) is 36.9 Å². The van der Waals surface area contributed by atoms with E-state index in [9.17, 15) is 14.9 Å². The molecule has 0 aliphatic heterocycles. The van der Waals surface area contributed by atoms with Crippen LogP contribution in [0.1, 0.15) is 29.8 Å². The number of nitrogens with one attached hydrogen (secondary N) is 1. The van der Waals surface area contributed by atoms with Gasteiger partial charge in [-0.3, -0.25) is 24.3 Å². The van der Waals surface area contributed by atoms with Crippen LogP contribution in [0.3, 0.4) is 0 Å². The fraction of sp³-hybridized carbons (Fsp3) is 0.533. The van der Waals surface area contributed by atoms with E-state index in [0.29, 0.717) is 24.5 Å². The average molecular weight is 334 g/mol. The van der Waals surface area contributed by atoms with Gasteiger partial charge in [0, 0.05) is 25.7 Å². The first-order valence-electron chi connectivity index (χ1n) is 7.82. The molecule has 2 aromatic rings. The van der Waals surface area contributed by atoms with Crippen LogP contribution in [0.5, 0.6) is 0 Å². The summed E-state index contributed by atoms with van der Waals surface area (Å²) < 4.78 is 3.36. The fourth-order valence-corrected chi connectivity index (χ4v) is 2.52. The maximum Gasteiger partial charge on any atom is 0.312 e. The Kier molecular flexibility index (Phi) is 5.67. The minimum absolute atomic E-state index is 0.0184. The van der Waals surface area contributed by atoms with Crippen molar-refractivity contribution >= 4 is 11.6 Å². The number of carbonyl (C=O) groups excluding carboxylic acids is 1. The zero-order chi connectivity index (χ0) is 17.7. The molecule has 24 heavy (non-hydrogen) atoms. The second-order valence-electron chi connectivity index (χ2n) is 5.73. The highest BCUT2D eigenvalue weighted by molar-refractivity contribution is 5.75. The highest BCUT2D eigenvalue weighted by atomic mass is 16.6. The molecule has 0 aromatic carbocycles. The first-order chi connectivity index (χ1) is 11.4. The topological polar surface area (TPSA) is 108 Å². The van der Waals surface area contributed by atoms with Gasteiger partial charge in [-0.1, -0.05) is 0 Å². The summed E-state index contributed by atoms with van der Waals surface area (Å²) in [6.07, 6.45) is 4.78. The first kappa shape index (κ1) is 17.6. The number of amides is 1. The van der Waals surface area contributed by atoms with E-state index >= 15 is 0 Å². The van der Waals surface area contributed by atoms with Crippen molar-refractivity contribution in [1.29, 1.82) is 0 Å². The van der Waals surface area contributed by atoms with Gasteiger partial charge >= 0.3 is 5.69 Å². The van der Waals surface area contributed by atoms with Crippen molar-refractivity contribution in [2.24, 2.45) is 0 Å². The maximum absolute atomic E-state index is 11.9. The van der Waals surface area contributed by atoms with E-state index in [1.807, 2.05) is 17.8 Å². The summed E-state index contributed by atoms with van der Waals surface area (Å²) >= 11 is 0. The lowest BCUT2D eigenvalue weighted by Crippen LogP contribution is -2.26. The maximum atomic E-state index is 11.9. The van der Waals surface area contributed by atoms with Gasteiger partial charge in [-0.2, -0.15) is 10.2 Å². The van der Waals surface area contributed by atoms with E-state index in [0.717, 1.165) is 18.5 Å². The van der Waals surface area contributed by atoms with E-state index in [-0.39, 0.29) is 18.0 Å². The Balaban J connectivity index is 1.73. The lowest BCUT2D eigenvalue weighted by molar-refractivity contribution is -0.386. The Hall–Kier alpha value is -2.71. The van der Waals surface area contributed by atoms with Crippen molar-refractivity contribution in [2.75, 3.05) is 6.54 Å². The molecule has 0 saturated carbocycles. The molecule has 0 fully saturated rings. The largest absolute Gasteiger partial charge is 0.356 e. The second kappa shape index (κ2) is 7.71. The molecule has 0 aliphatic rings. The molecule has 1 amide bonds. The molecule has 0 atom stereocenters. The predicted molar refractivity (Wildman–Crippen MR) is 87.6 cm³/mol. The van der Waals surface area contributed by atoms with Gasteiger partial charge in [0.05, 0.1) is 17.7 Å². The molecule has 0 unspecified atom stereocenters. The van der Waals surface area contributed by atoms with E-state index in [2.05, 4.69) is 15.5 Å². The molecule has 2 heterocycles. The van der Waals surface area contributed by atoms with Crippen molar-refractivity contribution in [2.45, 2.75) is 46.7 Å². The molecule has 0 bridgehead atoms. The van der Waals surface area contributed by atoms with E-state index in [1.165, 1.54) is 4.68 Å². The Morgan fingerprint density at radius 1 is 1.33 bits per heavy atom. The molecule has 130 valence electrons. The van der Waals surface area contributed by atoms with E-state index in [1.54, 1.807) is 20.0 Å². The van der Waals surface area contributed by atoms with Crippen molar-refractivity contribution in [3.05, 3.63) is 39.5 Å². The number of nitrogens with zero attached hydrogens (tertiary/aromatic N) is 5. The minimum Gasteiger partial charge on any atom is -0.356 e. The van der Waals surface area contributed by atoms with Gasteiger partial charge < -0.3 is 5.32 Å². The fourth-order valence-electron chi connectivity index (χ4n) is 2.52. The SMILES string of the molecule is Cc1cnn(CCCNC(=O)CCn2nc(C)c([N+](=O)[O-])c2C)c1. The summed E-state index contributed by atoms with van der Waals surface area (Å²) in [5.41, 5.74) is 1.97. The lowest BCUT2D eigenvalue weighted by Gasteiger charge is -2.06. The van der Waals surface area contributed by atoms with Crippen LogP contribution in [0.4, 0.5) is 5.69 Å². The third kappa shape index (κ3) is 4.40. The molecule has 2 aromatic heterocycles. The molecule has 0 radical (unpaired) electrons. The third-order valence-electron chi connectivity index (χ3n) is 3.73. The van der Waals surface area contributed by atoms with Gasteiger partial charge in [0.2, 0.25) is 5.91 Å². The Bertz CT molecular complexity index is 734. The van der Waals surface area contributed by atoms with Gasteiger partial charge in [-0.05, 0) is 32.8 Å². The smallest absolute Gasteiger partial charge is 0.312 e. The highest BCUT2D eigenvalue weighted by Crippen LogP contribution is 2.21. The lowest BCUT2D eigenvalue weighted by atomic mass is 10.3. The van der Waals surface area contributed by atoms with Crippen LogP contribution >= 0.6 is 0 Å². The van der Waals surface area contributed by atoms with Gasteiger partial charge in [-0.25, -0.2) is 0 Å². The number of aryl methyl sites for hydroxylation is 4. The second-order valence-corrected chi connectivity index (χ2v) is 5.73. The van der Waals surface area contributed by atoms with Crippen molar-refractivity contribution in [3.63, 3.8) is 0 Å². The van der Waals surface area contributed by atoms with Crippen LogP contribution in [0.15, 0.2) is 12.4 Å². The first-order valence-corrected chi connectivity index (χ1v) is 7.82. The predicted octanol–water partition coefficient (Wildman–Crippen LogP) is 1.51. The summed E-state index contributed by atoms with van der Waals surface area (Å²) in [7, 11) is 0. The number of aromatic nitrogens is 4. The van der Waals surface area contributed by atoms with Gasteiger partial charge in [-0.15, -0.1) is 0 Å². The number of hydrogen-bond donors (Lipinski definition) is 1. The summed E-state index contributed by atoms with van der Waals surface area (Å²) in [5.74, 6) is -0.0955. The zero-order valence-electron chi connectivity index (χ0n) is 14.2. The average Bonchev–Trinajstić information content (AvgIpc) is 3.04. The Labute approximate surface area is 139 Å². The quantitative estimate of drug-likeness (QED) is 0.447. The minimum atomic E-state index is -0.439. The summed E-state index contributed by atoms with van der Waals surface area (Å²) in [6.45, 7) is 6.85. The van der Waals surface area contributed by atoms with Crippen molar-refractivity contribution in [1.82, 2.24) is 24.9 Å². The molecule has 9 heteroatoms. The standard InChI is InChI=1S/C15H22N6O3/c1-11-9-17-19(10-11)7-4-6-16-14(22)5-8-20-13(3)15(21(23)24)12(2)18-20/h9-10H,4-8H2,1-3H3,(H,16,22). The molecule has 2 rings (SSSR count). The number of carbonyl (C=O) groups is 1. The molecule has 0 saturated heterocycles. The monoisotopic (exact) mass is 334 g/mol. The molecular weight excluding hydrogens is 312 g/mol. The van der Waals surface area contributed by atoms with Crippen LogP contribution in [-0.2, 0) is 17.9 Å². The molecule has 1 N–H and O–H groups in total. The highest BCUT2D eigenvalue weighted by Gasteiger charge is 2.21. The number of rotatable bonds is 8. The Morgan fingerprint density at radius 3 is 2.67 bits per heavy atom. The van der Waals surface area contributed by atoms with Crippen LogP contribution in [0.2, 0.25) is 0 Å². The van der Waals surface area contributed by atoms with Gasteiger partial charge in [0.25, 0.3) is 0 Å².